The number of alkyl halides is 6. The Balaban J connectivity index is 1.88. The zero-order chi connectivity index (χ0) is 23.9. The molecule has 174 valence electrons. The van der Waals surface area contributed by atoms with E-state index in [9.17, 15) is 31.4 Å². The molecule has 0 saturated heterocycles. The molecule has 12 heteroatoms. The van der Waals surface area contributed by atoms with Crippen LogP contribution in [0.3, 0.4) is 0 Å². The third-order valence-electron chi connectivity index (χ3n) is 4.64. The molecule has 0 radical (unpaired) electrons. The van der Waals surface area contributed by atoms with Crippen molar-refractivity contribution in [1.82, 2.24) is 15.0 Å². The number of hydrogen-bond donors (Lipinski definition) is 2. The van der Waals surface area contributed by atoms with Crippen molar-refractivity contribution in [3.05, 3.63) is 47.0 Å². The zero-order valence-electron chi connectivity index (χ0n) is 17.1. The first-order valence-electron chi connectivity index (χ1n) is 9.27. The molecule has 0 amide bonds. The fraction of sp³-hybridized carbons (Fsp3) is 0.400. The van der Waals surface area contributed by atoms with Gasteiger partial charge in [0.05, 0.1) is 16.7 Å². The second-order valence-corrected chi connectivity index (χ2v) is 7.51. The van der Waals surface area contributed by atoms with E-state index in [2.05, 4.69) is 19.7 Å². The largest absolute Gasteiger partial charge is 0.573 e. The van der Waals surface area contributed by atoms with E-state index in [1.165, 1.54) is 26.1 Å². The highest BCUT2D eigenvalue weighted by Gasteiger charge is 2.33. The average molecular weight is 463 g/mol. The minimum absolute atomic E-state index is 0.0154. The number of aromatic amines is 1. The molecular weight excluding hydrogens is 444 g/mol. The Labute approximate surface area is 178 Å². The van der Waals surface area contributed by atoms with Gasteiger partial charge in [0.1, 0.15) is 22.9 Å². The van der Waals surface area contributed by atoms with Crippen molar-refractivity contribution in [2.24, 2.45) is 0 Å². The van der Waals surface area contributed by atoms with E-state index in [-0.39, 0.29) is 29.2 Å². The number of aryl methyl sites for hydroxylation is 1. The smallest absolute Gasteiger partial charge is 0.483 e. The Morgan fingerprint density at radius 3 is 2.41 bits per heavy atom. The Morgan fingerprint density at radius 2 is 1.78 bits per heavy atom. The van der Waals surface area contributed by atoms with Gasteiger partial charge in [-0.1, -0.05) is 0 Å². The van der Waals surface area contributed by atoms with Crippen LogP contribution in [0.5, 0.6) is 11.5 Å². The molecular formula is C20H19F6N3O3. The second-order valence-electron chi connectivity index (χ2n) is 7.51. The van der Waals surface area contributed by atoms with Gasteiger partial charge in [-0.05, 0) is 32.9 Å². The lowest BCUT2D eigenvalue weighted by Gasteiger charge is -2.23. The molecule has 0 saturated carbocycles. The summed E-state index contributed by atoms with van der Waals surface area (Å²) in [5, 5.41) is 11.0. The lowest BCUT2D eigenvalue weighted by Crippen LogP contribution is -2.27. The molecule has 3 rings (SSSR count). The van der Waals surface area contributed by atoms with E-state index < -0.39 is 30.5 Å². The quantitative estimate of drug-likeness (QED) is 0.511. The van der Waals surface area contributed by atoms with Crippen LogP contribution >= 0.6 is 0 Å². The standard InChI is InChI=1S/C20H19F6N3O3/c1-10-8-27-15(11(2)16(10)31-9-19(21,22)23)7-18(3,30)17-28-13-5-4-12(6-14(13)29-17)32-20(24,25)26/h4-6,8,30H,7,9H2,1-3H3,(H,28,29). The summed E-state index contributed by atoms with van der Waals surface area (Å²) in [4.78, 5) is 11.2. The normalized spacial score (nSPS) is 14.4. The van der Waals surface area contributed by atoms with Gasteiger partial charge >= 0.3 is 12.5 Å². The fourth-order valence-electron chi connectivity index (χ4n) is 3.16. The summed E-state index contributed by atoms with van der Waals surface area (Å²) in [5.74, 6) is -0.414. The Hall–Kier alpha value is -3.02. The highest BCUT2D eigenvalue weighted by atomic mass is 19.4. The molecule has 1 aromatic carbocycles. The van der Waals surface area contributed by atoms with Crippen molar-refractivity contribution in [1.29, 1.82) is 0 Å². The molecule has 1 unspecified atom stereocenters. The summed E-state index contributed by atoms with van der Waals surface area (Å²) in [6.45, 7) is 3.00. The molecule has 2 aromatic heterocycles. The summed E-state index contributed by atoms with van der Waals surface area (Å²) in [6.07, 6.45) is -8.19. The SMILES string of the molecule is Cc1cnc(CC(C)(O)c2nc3cc(OC(F)(F)F)ccc3[nH]2)c(C)c1OCC(F)(F)F. The van der Waals surface area contributed by atoms with Crippen LogP contribution < -0.4 is 9.47 Å². The number of H-pyrrole nitrogens is 1. The van der Waals surface area contributed by atoms with Gasteiger partial charge in [-0.3, -0.25) is 4.98 Å². The average Bonchev–Trinajstić information content (AvgIpc) is 3.06. The van der Waals surface area contributed by atoms with Gasteiger partial charge in [0.15, 0.2) is 6.61 Å². The molecule has 0 aliphatic heterocycles. The number of rotatable bonds is 6. The molecule has 6 nitrogen and oxygen atoms in total. The molecule has 0 aliphatic carbocycles. The minimum Gasteiger partial charge on any atom is -0.483 e. The summed E-state index contributed by atoms with van der Waals surface area (Å²) in [6, 6.07) is 3.49. The maximum atomic E-state index is 12.6. The second kappa shape index (κ2) is 8.15. The Kier molecular flexibility index (Phi) is 6.02. The monoisotopic (exact) mass is 463 g/mol. The fourth-order valence-corrected chi connectivity index (χ4v) is 3.16. The van der Waals surface area contributed by atoms with E-state index in [1.807, 2.05) is 0 Å². The molecule has 0 spiro atoms. The van der Waals surface area contributed by atoms with Gasteiger partial charge in [0.2, 0.25) is 0 Å². The number of nitrogens with zero attached hydrogens (tertiary/aromatic N) is 2. The molecule has 2 N–H and O–H groups in total. The van der Waals surface area contributed by atoms with E-state index in [0.29, 0.717) is 16.6 Å². The summed E-state index contributed by atoms with van der Waals surface area (Å²) in [5.41, 5.74) is -0.178. The van der Waals surface area contributed by atoms with E-state index in [4.69, 9.17) is 4.74 Å². The third-order valence-corrected chi connectivity index (χ3v) is 4.64. The van der Waals surface area contributed by atoms with Crippen LogP contribution in [-0.2, 0) is 12.0 Å². The molecule has 0 bridgehead atoms. The number of fused-ring (bicyclic) bond motifs is 1. The van der Waals surface area contributed by atoms with Crippen LogP contribution in [-0.4, -0.2) is 39.2 Å². The number of ether oxygens (including phenoxy) is 2. The summed E-state index contributed by atoms with van der Waals surface area (Å²) < 4.78 is 83.7. The zero-order valence-corrected chi connectivity index (χ0v) is 17.1. The van der Waals surface area contributed by atoms with Gasteiger partial charge in [-0.15, -0.1) is 13.2 Å². The number of pyridine rings is 1. The number of nitrogens with one attached hydrogen (secondary N) is 1. The Bertz CT molecular complexity index is 1120. The summed E-state index contributed by atoms with van der Waals surface area (Å²) >= 11 is 0. The van der Waals surface area contributed by atoms with Gasteiger partial charge in [-0.2, -0.15) is 13.2 Å². The number of halogens is 6. The molecule has 0 aliphatic rings. The first-order chi connectivity index (χ1) is 14.6. The van der Waals surface area contributed by atoms with Crippen molar-refractivity contribution in [2.45, 2.75) is 45.3 Å². The van der Waals surface area contributed by atoms with Crippen molar-refractivity contribution < 1.29 is 40.9 Å². The molecule has 2 heterocycles. The summed E-state index contributed by atoms with van der Waals surface area (Å²) in [7, 11) is 0. The van der Waals surface area contributed by atoms with Gasteiger partial charge in [-0.25, -0.2) is 4.98 Å². The van der Waals surface area contributed by atoms with Crippen LogP contribution in [0.1, 0.15) is 29.6 Å². The van der Waals surface area contributed by atoms with Crippen molar-refractivity contribution >= 4 is 11.0 Å². The highest BCUT2D eigenvalue weighted by Crippen LogP contribution is 2.32. The maximum Gasteiger partial charge on any atom is 0.573 e. The molecule has 1 atom stereocenters. The number of aromatic nitrogens is 3. The number of hydrogen-bond acceptors (Lipinski definition) is 5. The highest BCUT2D eigenvalue weighted by molar-refractivity contribution is 5.77. The van der Waals surface area contributed by atoms with E-state index >= 15 is 0 Å². The predicted molar refractivity (Wildman–Crippen MR) is 101 cm³/mol. The van der Waals surface area contributed by atoms with E-state index in [0.717, 1.165) is 12.1 Å². The lowest BCUT2D eigenvalue weighted by molar-refractivity contribution is -0.274. The predicted octanol–water partition coefficient (Wildman–Crippen LogP) is 4.86. The first kappa shape index (κ1) is 23.6. The molecule has 3 aromatic rings. The van der Waals surface area contributed by atoms with Crippen LogP contribution in [0.25, 0.3) is 11.0 Å². The maximum absolute atomic E-state index is 12.6. The van der Waals surface area contributed by atoms with Crippen molar-refractivity contribution in [2.75, 3.05) is 6.61 Å². The van der Waals surface area contributed by atoms with Crippen LogP contribution in [0.2, 0.25) is 0 Å². The number of aliphatic hydroxyl groups is 1. The van der Waals surface area contributed by atoms with E-state index in [1.54, 1.807) is 6.92 Å². The topological polar surface area (TPSA) is 80.3 Å². The number of imidazole rings is 1. The molecule has 32 heavy (non-hydrogen) atoms. The van der Waals surface area contributed by atoms with Crippen LogP contribution in [0.4, 0.5) is 26.3 Å². The Morgan fingerprint density at radius 1 is 1.09 bits per heavy atom. The van der Waals surface area contributed by atoms with Crippen LogP contribution in [0, 0.1) is 13.8 Å². The third kappa shape index (κ3) is 5.61. The van der Waals surface area contributed by atoms with Crippen molar-refractivity contribution in [3.63, 3.8) is 0 Å². The van der Waals surface area contributed by atoms with Gasteiger partial charge in [0, 0.05) is 29.8 Å². The first-order valence-corrected chi connectivity index (χ1v) is 9.27. The van der Waals surface area contributed by atoms with Crippen molar-refractivity contribution in [3.8, 4) is 11.5 Å². The van der Waals surface area contributed by atoms with Gasteiger partial charge in [0.25, 0.3) is 0 Å². The van der Waals surface area contributed by atoms with Crippen LogP contribution in [0.15, 0.2) is 24.4 Å². The number of benzene rings is 1. The minimum atomic E-state index is -4.86. The molecule has 0 fully saturated rings. The lowest BCUT2D eigenvalue weighted by atomic mass is 9.96. The van der Waals surface area contributed by atoms with Gasteiger partial charge < -0.3 is 19.6 Å².